The zero-order valence-electron chi connectivity index (χ0n) is 9.50. The molecule has 4 heteroatoms. The van der Waals surface area contributed by atoms with E-state index in [1.807, 2.05) is 18.3 Å². The third kappa shape index (κ3) is 2.17. The fraction of sp³-hybridized carbons (Fsp3) is 0.308. The van der Waals surface area contributed by atoms with Gasteiger partial charge >= 0.3 is 0 Å². The van der Waals surface area contributed by atoms with Gasteiger partial charge in [0.05, 0.1) is 17.4 Å². The molecule has 2 heterocycles. The lowest BCUT2D eigenvalue weighted by Gasteiger charge is -2.12. The molecule has 0 aromatic carbocycles. The molecular weight excluding hydrogens is 212 g/mol. The summed E-state index contributed by atoms with van der Waals surface area (Å²) in [5.74, 6) is 0. The Morgan fingerprint density at radius 1 is 1.24 bits per heavy atom. The third-order valence-electron chi connectivity index (χ3n) is 3.13. The maximum Gasteiger partial charge on any atom is 0.115 e. The first-order valence-corrected chi connectivity index (χ1v) is 5.85. The number of pyridine rings is 1. The van der Waals surface area contributed by atoms with Crippen LogP contribution in [0.2, 0.25) is 0 Å². The Morgan fingerprint density at radius 3 is 3.12 bits per heavy atom. The summed E-state index contributed by atoms with van der Waals surface area (Å²) in [6, 6.07) is 6.46. The van der Waals surface area contributed by atoms with Gasteiger partial charge in [-0.3, -0.25) is 4.98 Å². The molecule has 2 aromatic heterocycles. The van der Waals surface area contributed by atoms with E-state index in [1.54, 1.807) is 12.5 Å². The Kier molecular flexibility index (Phi) is 2.80. The molecule has 0 fully saturated rings. The van der Waals surface area contributed by atoms with Crippen LogP contribution in [0, 0.1) is 0 Å². The standard InChI is InChI=1S/C13H14N4/c1-2-10-3-4-12(13(10)15-6-1)16-8-11-5-7-14-9-17-11/h1-2,5-7,9,12,16H,3-4,8H2. The molecule has 0 amide bonds. The zero-order chi connectivity index (χ0) is 11.5. The van der Waals surface area contributed by atoms with Gasteiger partial charge in [-0.1, -0.05) is 6.07 Å². The van der Waals surface area contributed by atoms with E-state index in [0.29, 0.717) is 6.04 Å². The second-order valence-electron chi connectivity index (χ2n) is 4.22. The van der Waals surface area contributed by atoms with Crippen LogP contribution < -0.4 is 5.32 Å². The smallest absolute Gasteiger partial charge is 0.115 e. The van der Waals surface area contributed by atoms with Gasteiger partial charge in [0.25, 0.3) is 0 Å². The van der Waals surface area contributed by atoms with Gasteiger partial charge in [-0.25, -0.2) is 9.97 Å². The van der Waals surface area contributed by atoms with E-state index in [4.69, 9.17) is 0 Å². The van der Waals surface area contributed by atoms with Gasteiger partial charge in [0, 0.05) is 18.9 Å². The molecule has 2 aromatic rings. The fourth-order valence-corrected chi connectivity index (χ4v) is 2.26. The number of aromatic nitrogens is 3. The Hall–Kier alpha value is -1.81. The average Bonchev–Trinajstić information content (AvgIpc) is 2.81. The van der Waals surface area contributed by atoms with Gasteiger partial charge in [-0.05, 0) is 30.5 Å². The summed E-state index contributed by atoms with van der Waals surface area (Å²) < 4.78 is 0. The molecule has 1 atom stereocenters. The van der Waals surface area contributed by atoms with Gasteiger partial charge in [0.1, 0.15) is 6.33 Å². The lowest BCUT2D eigenvalue weighted by atomic mass is 10.2. The minimum atomic E-state index is 0.362. The first kappa shape index (κ1) is 10.4. The molecule has 1 unspecified atom stereocenters. The summed E-state index contributed by atoms with van der Waals surface area (Å²) in [7, 11) is 0. The van der Waals surface area contributed by atoms with Gasteiger partial charge < -0.3 is 5.32 Å². The Morgan fingerprint density at radius 2 is 2.24 bits per heavy atom. The van der Waals surface area contributed by atoms with Crippen LogP contribution in [0.1, 0.15) is 29.4 Å². The molecular formula is C13H14N4. The molecule has 86 valence electrons. The molecule has 1 N–H and O–H groups in total. The van der Waals surface area contributed by atoms with Crippen LogP contribution in [0.5, 0.6) is 0 Å². The quantitative estimate of drug-likeness (QED) is 0.864. The highest BCUT2D eigenvalue weighted by atomic mass is 15.0. The van der Waals surface area contributed by atoms with Crippen LogP contribution in [-0.2, 0) is 13.0 Å². The molecule has 0 radical (unpaired) electrons. The van der Waals surface area contributed by atoms with E-state index < -0.39 is 0 Å². The second kappa shape index (κ2) is 4.59. The monoisotopic (exact) mass is 226 g/mol. The van der Waals surface area contributed by atoms with E-state index in [0.717, 1.165) is 25.1 Å². The van der Waals surface area contributed by atoms with Crippen molar-refractivity contribution in [1.82, 2.24) is 20.3 Å². The third-order valence-corrected chi connectivity index (χ3v) is 3.13. The molecule has 0 saturated carbocycles. The minimum Gasteiger partial charge on any atom is -0.303 e. The second-order valence-corrected chi connectivity index (χ2v) is 4.22. The van der Waals surface area contributed by atoms with Crippen LogP contribution in [0.25, 0.3) is 0 Å². The molecule has 3 rings (SSSR count). The summed E-state index contributed by atoms with van der Waals surface area (Å²) >= 11 is 0. The predicted molar refractivity (Wildman–Crippen MR) is 64.2 cm³/mol. The first-order chi connectivity index (χ1) is 8.43. The average molecular weight is 226 g/mol. The molecule has 4 nitrogen and oxygen atoms in total. The lowest BCUT2D eigenvalue weighted by molar-refractivity contribution is 0.516. The van der Waals surface area contributed by atoms with E-state index in [2.05, 4.69) is 26.3 Å². The number of nitrogens with zero attached hydrogens (tertiary/aromatic N) is 3. The molecule has 17 heavy (non-hydrogen) atoms. The SMILES string of the molecule is c1cnc2c(c1)CCC2NCc1ccncn1. The number of hydrogen-bond acceptors (Lipinski definition) is 4. The number of rotatable bonds is 3. The summed E-state index contributed by atoms with van der Waals surface area (Å²) in [6.07, 6.45) is 7.45. The lowest BCUT2D eigenvalue weighted by Crippen LogP contribution is -2.20. The summed E-state index contributed by atoms with van der Waals surface area (Å²) in [4.78, 5) is 12.6. The summed E-state index contributed by atoms with van der Waals surface area (Å²) in [5.41, 5.74) is 3.58. The van der Waals surface area contributed by atoms with Crippen molar-refractivity contribution in [1.29, 1.82) is 0 Å². The minimum absolute atomic E-state index is 0.362. The van der Waals surface area contributed by atoms with Crippen molar-refractivity contribution in [3.8, 4) is 0 Å². The van der Waals surface area contributed by atoms with E-state index in [9.17, 15) is 0 Å². The number of hydrogen-bond donors (Lipinski definition) is 1. The van der Waals surface area contributed by atoms with Crippen LogP contribution in [0.15, 0.2) is 36.9 Å². The van der Waals surface area contributed by atoms with Gasteiger partial charge in [-0.15, -0.1) is 0 Å². The van der Waals surface area contributed by atoms with E-state index in [1.165, 1.54) is 11.3 Å². The van der Waals surface area contributed by atoms with Crippen molar-refractivity contribution in [3.05, 3.63) is 53.9 Å². The van der Waals surface area contributed by atoms with Gasteiger partial charge in [0.2, 0.25) is 0 Å². The summed E-state index contributed by atoms with van der Waals surface area (Å²) in [5, 5.41) is 3.50. The van der Waals surface area contributed by atoms with Crippen LogP contribution in [-0.4, -0.2) is 15.0 Å². The summed E-state index contributed by atoms with van der Waals surface area (Å²) in [6.45, 7) is 0.767. The van der Waals surface area contributed by atoms with E-state index in [-0.39, 0.29) is 0 Å². The van der Waals surface area contributed by atoms with Crippen LogP contribution in [0.3, 0.4) is 0 Å². The highest BCUT2D eigenvalue weighted by molar-refractivity contribution is 5.27. The Bertz CT molecular complexity index is 498. The van der Waals surface area contributed by atoms with Crippen molar-refractivity contribution >= 4 is 0 Å². The maximum absolute atomic E-state index is 4.46. The number of nitrogens with one attached hydrogen (secondary N) is 1. The van der Waals surface area contributed by atoms with E-state index >= 15 is 0 Å². The maximum atomic E-state index is 4.46. The van der Waals surface area contributed by atoms with Crippen molar-refractivity contribution < 1.29 is 0 Å². The Labute approximate surface area is 100 Å². The predicted octanol–water partition coefficient (Wildman–Crippen LogP) is 1.65. The van der Waals surface area contributed by atoms with Gasteiger partial charge in [0.15, 0.2) is 0 Å². The number of fused-ring (bicyclic) bond motifs is 1. The van der Waals surface area contributed by atoms with Crippen LogP contribution >= 0.6 is 0 Å². The van der Waals surface area contributed by atoms with Crippen molar-refractivity contribution in [2.24, 2.45) is 0 Å². The highest BCUT2D eigenvalue weighted by Gasteiger charge is 2.22. The molecule has 1 aliphatic rings. The topological polar surface area (TPSA) is 50.7 Å². The highest BCUT2D eigenvalue weighted by Crippen LogP contribution is 2.28. The zero-order valence-corrected chi connectivity index (χ0v) is 9.50. The fourth-order valence-electron chi connectivity index (χ4n) is 2.26. The van der Waals surface area contributed by atoms with Crippen molar-refractivity contribution in [2.45, 2.75) is 25.4 Å². The van der Waals surface area contributed by atoms with Crippen molar-refractivity contribution in [2.75, 3.05) is 0 Å². The van der Waals surface area contributed by atoms with Crippen LogP contribution in [0.4, 0.5) is 0 Å². The molecule has 0 saturated heterocycles. The van der Waals surface area contributed by atoms with Gasteiger partial charge in [-0.2, -0.15) is 0 Å². The van der Waals surface area contributed by atoms with Crippen molar-refractivity contribution in [3.63, 3.8) is 0 Å². The molecule has 0 spiro atoms. The largest absolute Gasteiger partial charge is 0.303 e. The Balaban J connectivity index is 1.68. The normalized spacial score (nSPS) is 18.0. The molecule has 0 aliphatic heterocycles. The number of aryl methyl sites for hydroxylation is 1. The molecule has 1 aliphatic carbocycles. The first-order valence-electron chi connectivity index (χ1n) is 5.85. The molecule has 0 bridgehead atoms.